The maximum Gasteiger partial charge on any atom is 0.238 e. The minimum atomic E-state index is -0.467. The second kappa shape index (κ2) is 8.26. The first-order chi connectivity index (χ1) is 10.7. The molecule has 2 aromatic carbocycles. The van der Waals surface area contributed by atoms with Crippen LogP contribution in [0, 0.1) is 5.82 Å². The molecule has 2 rings (SSSR count). The second-order valence-corrected chi connectivity index (χ2v) is 4.88. The van der Waals surface area contributed by atoms with Crippen LogP contribution in [-0.4, -0.2) is 24.2 Å². The zero-order chi connectivity index (χ0) is 15.8. The fourth-order valence-electron chi connectivity index (χ4n) is 2.17. The lowest BCUT2D eigenvalue weighted by atomic mass is 10.0. The number of aliphatic hydroxyl groups is 1. The van der Waals surface area contributed by atoms with Crippen molar-refractivity contribution in [2.45, 2.75) is 12.5 Å². The fourth-order valence-corrected chi connectivity index (χ4v) is 2.17. The van der Waals surface area contributed by atoms with E-state index in [2.05, 4.69) is 10.6 Å². The molecule has 0 aliphatic heterocycles. The molecule has 0 aromatic heterocycles. The minimum absolute atomic E-state index is 0.0154. The van der Waals surface area contributed by atoms with E-state index in [-0.39, 0.29) is 30.8 Å². The maximum absolute atomic E-state index is 13.5. The third kappa shape index (κ3) is 4.65. The quantitative estimate of drug-likeness (QED) is 0.736. The Bertz CT molecular complexity index is 605. The lowest BCUT2D eigenvalue weighted by Gasteiger charge is -2.18. The molecule has 4 nitrogen and oxygen atoms in total. The van der Waals surface area contributed by atoms with Gasteiger partial charge >= 0.3 is 0 Å². The Morgan fingerprint density at radius 1 is 1.09 bits per heavy atom. The Labute approximate surface area is 129 Å². The molecule has 0 bridgehead atoms. The smallest absolute Gasteiger partial charge is 0.238 e. The number of para-hydroxylation sites is 1. The Kier molecular flexibility index (Phi) is 6.06. The van der Waals surface area contributed by atoms with Crippen molar-refractivity contribution in [1.82, 2.24) is 5.32 Å². The molecule has 0 heterocycles. The molecule has 0 aliphatic carbocycles. The van der Waals surface area contributed by atoms with E-state index in [9.17, 15) is 9.18 Å². The molecular formula is C17H19FN2O2. The van der Waals surface area contributed by atoms with Crippen LogP contribution < -0.4 is 10.6 Å². The molecule has 1 amide bonds. The van der Waals surface area contributed by atoms with Crippen molar-refractivity contribution in [3.63, 3.8) is 0 Å². The third-order valence-corrected chi connectivity index (χ3v) is 3.28. The summed E-state index contributed by atoms with van der Waals surface area (Å²) in [7, 11) is 0. The average Bonchev–Trinajstić information content (AvgIpc) is 2.54. The predicted molar refractivity (Wildman–Crippen MR) is 83.9 cm³/mol. The van der Waals surface area contributed by atoms with Crippen molar-refractivity contribution >= 4 is 11.6 Å². The Morgan fingerprint density at radius 3 is 2.45 bits per heavy atom. The van der Waals surface area contributed by atoms with Crippen LogP contribution in [0.1, 0.15) is 18.0 Å². The van der Waals surface area contributed by atoms with Crippen LogP contribution >= 0.6 is 0 Å². The van der Waals surface area contributed by atoms with Crippen molar-refractivity contribution < 1.29 is 14.3 Å². The van der Waals surface area contributed by atoms with Crippen LogP contribution in [0.15, 0.2) is 54.6 Å². The van der Waals surface area contributed by atoms with Crippen LogP contribution in [0.2, 0.25) is 0 Å². The molecule has 116 valence electrons. The highest BCUT2D eigenvalue weighted by Crippen LogP contribution is 2.16. The molecule has 0 aliphatic rings. The van der Waals surface area contributed by atoms with Gasteiger partial charge in [0.2, 0.25) is 5.91 Å². The van der Waals surface area contributed by atoms with E-state index in [0.717, 1.165) is 5.56 Å². The maximum atomic E-state index is 13.5. The van der Waals surface area contributed by atoms with Crippen molar-refractivity contribution in [3.05, 3.63) is 66.0 Å². The van der Waals surface area contributed by atoms with E-state index in [4.69, 9.17) is 5.11 Å². The van der Waals surface area contributed by atoms with Gasteiger partial charge in [0.05, 0.1) is 12.2 Å². The lowest BCUT2D eigenvalue weighted by molar-refractivity contribution is -0.115. The fraction of sp³-hybridized carbons (Fsp3) is 0.235. The number of halogens is 1. The molecule has 1 atom stereocenters. The number of anilines is 1. The second-order valence-electron chi connectivity index (χ2n) is 4.88. The molecule has 3 N–H and O–H groups in total. The number of hydrogen-bond acceptors (Lipinski definition) is 3. The van der Waals surface area contributed by atoms with Gasteiger partial charge in [-0.1, -0.05) is 42.5 Å². The summed E-state index contributed by atoms with van der Waals surface area (Å²) in [4.78, 5) is 11.9. The number of carbonyl (C=O) groups excluding carboxylic acids is 1. The van der Waals surface area contributed by atoms with Crippen LogP contribution in [0.3, 0.4) is 0 Å². The third-order valence-electron chi connectivity index (χ3n) is 3.28. The van der Waals surface area contributed by atoms with Gasteiger partial charge in [-0.25, -0.2) is 4.39 Å². The van der Waals surface area contributed by atoms with Gasteiger partial charge in [0, 0.05) is 12.6 Å². The van der Waals surface area contributed by atoms with Crippen LogP contribution in [0.5, 0.6) is 0 Å². The van der Waals surface area contributed by atoms with Crippen LogP contribution in [0.25, 0.3) is 0 Å². The highest BCUT2D eigenvalue weighted by Gasteiger charge is 2.12. The molecule has 0 fully saturated rings. The molecule has 1 unspecified atom stereocenters. The van der Waals surface area contributed by atoms with Gasteiger partial charge in [0.15, 0.2) is 0 Å². The summed E-state index contributed by atoms with van der Waals surface area (Å²) in [6, 6.07) is 15.5. The van der Waals surface area contributed by atoms with Gasteiger partial charge in [0.1, 0.15) is 5.82 Å². The van der Waals surface area contributed by atoms with Crippen molar-refractivity contribution in [2.24, 2.45) is 0 Å². The Hall–Kier alpha value is -2.24. The molecular weight excluding hydrogens is 283 g/mol. The number of amides is 1. The van der Waals surface area contributed by atoms with E-state index in [1.54, 1.807) is 12.1 Å². The van der Waals surface area contributed by atoms with E-state index in [0.29, 0.717) is 6.42 Å². The SMILES string of the molecule is O=C(CNC(CCO)c1ccccc1)Nc1ccccc1F. The number of carbonyl (C=O) groups is 1. The minimum Gasteiger partial charge on any atom is -0.396 e. The van der Waals surface area contributed by atoms with Gasteiger partial charge in [-0.05, 0) is 24.1 Å². The zero-order valence-corrected chi connectivity index (χ0v) is 12.1. The highest BCUT2D eigenvalue weighted by atomic mass is 19.1. The first kappa shape index (κ1) is 16.1. The van der Waals surface area contributed by atoms with E-state index < -0.39 is 5.82 Å². The predicted octanol–water partition coefficient (Wildman–Crippen LogP) is 2.48. The molecule has 22 heavy (non-hydrogen) atoms. The summed E-state index contributed by atoms with van der Waals surface area (Å²) < 4.78 is 13.5. The van der Waals surface area contributed by atoms with E-state index in [1.807, 2.05) is 30.3 Å². The summed E-state index contributed by atoms with van der Waals surface area (Å²) in [5.74, 6) is -0.796. The lowest BCUT2D eigenvalue weighted by Crippen LogP contribution is -2.32. The van der Waals surface area contributed by atoms with Crippen molar-refractivity contribution in [1.29, 1.82) is 0 Å². The van der Waals surface area contributed by atoms with Gasteiger partial charge in [-0.15, -0.1) is 0 Å². The zero-order valence-electron chi connectivity index (χ0n) is 12.1. The normalized spacial score (nSPS) is 11.9. The summed E-state index contributed by atoms with van der Waals surface area (Å²) >= 11 is 0. The van der Waals surface area contributed by atoms with E-state index >= 15 is 0 Å². The van der Waals surface area contributed by atoms with Crippen LogP contribution in [-0.2, 0) is 4.79 Å². The number of benzene rings is 2. The number of hydrogen-bond donors (Lipinski definition) is 3. The van der Waals surface area contributed by atoms with Gasteiger partial charge in [0.25, 0.3) is 0 Å². The highest BCUT2D eigenvalue weighted by molar-refractivity contribution is 5.92. The first-order valence-corrected chi connectivity index (χ1v) is 7.14. The number of rotatable bonds is 7. The van der Waals surface area contributed by atoms with Gasteiger partial charge in [-0.3, -0.25) is 4.79 Å². The largest absolute Gasteiger partial charge is 0.396 e. The molecule has 5 heteroatoms. The van der Waals surface area contributed by atoms with Gasteiger partial charge in [-0.2, -0.15) is 0 Å². The van der Waals surface area contributed by atoms with Crippen molar-refractivity contribution in [2.75, 3.05) is 18.5 Å². The Balaban J connectivity index is 1.92. The molecule has 0 radical (unpaired) electrons. The molecule has 0 saturated carbocycles. The number of aliphatic hydroxyl groups excluding tert-OH is 1. The standard InChI is InChI=1S/C17H19FN2O2/c18-14-8-4-5-9-16(14)20-17(22)12-19-15(10-11-21)13-6-2-1-3-7-13/h1-9,15,19,21H,10-12H2,(H,20,22). The molecule has 2 aromatic rings. The average molecular weight is 302 g/mol. The summed E-state index contributed by atoms with van der Waals surface area (Å²) in [5.41, 5.74) is 1.16. The number of nitrogens with one attached hydrogen (secondary N) is 2. The Morgan fingerprint density at radius 2 is 1.77 bits per heavy atom. The van der Waals surface area contributed by atoms with Crippen molar-refractivity contribution in [3.8, 4) is 0 Å². The topological polar surface area (TPSA) is 61.4 Å². The first-order valence-electron chi connectivity index (χ1n) is 7.14. The van der Waals surface area contributed by atoms with Crippen LogP contribution in [0.4, 0.5) is 10.1 Å². The molecule has 0 spiro atoms. The van der Waals surface area contributed by atoms with E-state index in [1.165, 1.54) is 12.1 Å². The van der Waals surface area contributed by atoms with Gasteiger partial charge < -0.3 is 15.7 Å². The summed E-state index contributed by atoms with van der Waals surface area (Å²) in [6.45, 7) is 0.0510. The molecule has 0 saturated heterocycles. The summed E-state index contributed by atoms with van der Waals surface area (Å²) in [5, 5.41) is 14.7. The summed E-state index contributed by atoms with van der Waals surface area (Å²) in [6.07, 6.45) is 0.497. The monoisotopic (exact) mass is 302 g/mol.